The van der Waals surface area contributed by atoms with Gasteiger partial charge in [0, 0.05) is 16.9 Å². The standard InChI is InChI=1S/C15H13BrN4O/c1-9-4-3-7-17-14(9)19-15(21)13-10(2)18-12-6-5-11(16)8-20(12)13/h3-8H,1-2H3,(H,17,19,21). The molecule has 0 bridgehead atoms. The maximum absolute atomic E-state index is 12.5. The highest BCUT2D eigenvalue weighted by Crippen LogP contribution is 2.18. The van der Waals surface area contributed by atoms with E-state index in [0.717, 1.165) is 15.7 Å². The first-order valence-electron chi connectivity index (χ1n) is 6.43. The Morgan fingerprint density at radius 2 is 2.10 bits per heavy atom. The highest BCUT2D eigenvalue weighted by atomic mass is 79.9. The Morgan fingerprint density at radius 3 is 2.86 bits per heavy atom. The predicted octanol–water partition coefficient (Wildman–Crippen LogP) is 3.36. The zero-order valence-corrected chi connectivity index (χ0v) is 13.2. The van der Waals surface area contributed by atoms with Gasteiger partial charge in [0.05, 0.1) is 5.69 Å². The SMILES string of the molecule is Cc1cccnc1NC(=O)c1c(C)nc2ccc(Br)cn12. The number of imidazole rings is 1. The summed E-state index contributed by atoms with van der Waals surface area (Å²) in [5.41, 5.74) is 2.84. The summed E-state index contributed by atoms with van der Waals surface area (Å²) in [6.45, 7) is 3.72. The van der Waals surface area contributed by atoms with Crippen LogP contribution in [0.2, 0.25) is 0 Å². The number of amides is 1. The van der Waals surface area contributed by atoms with Gasteiger partial charge in [-0.2, -0.15) is 0 Å². The van der Waals surface area contributed by atoms with Crippen molar-refractivity contribution in [2.75, 3.05) is 5.32 Å². The van der Waals surface area contributed by atoms with E-state index in [1.165, 1.54) is 0 Å². The van der Waals surface area contributed by atoms with Gasteiger partial charge in [-0.05, 0) is 53.5 Å². The van der Waals surface area contributed by atoms with Gasteiger partial charge in [0.15, 0.2) is 0 Å². The molecule has 0 atom stereocenters. The van der Waals surface area contributed by atoms with Crippen molar-refractivity contribution in [1.29, 1.82) is 0 Å². The van der Waals surface area contributed by atoms with Gasteiger partial charge in [-0.15, -0.1) is 0 Å². The largest absolute Gasteiger partial charge is 0.305 e. The number of nitrogens with zero attached hydrogens (tertiary/aromatic N) is 3. The van der Waals surface area contributed by atoms with Crippen LogP contribution in [0.5, 0.6) is 0 Å². The van der Waals surface area contributed by atoms with Crippen LogP contribution in [0, 0.1) is 13.8 Å². The van der Waals surface area contributed by atoms with E-state index in [1.54, 1.807) is 10.6 Å². The molecule has 0 aromatic carbocycles. The maximum Gasteiger partial charge on any atom is 0.275 e. The molecule has 3 heterocycles. The number of fused-ring (bicyclic) bond motifs is 1. The molecule has 0 radical (unpaired) electrons. The second-order valence-electron chi connectivity index (χ2n) is 4.74. The van der Waals surface area contributed by atoms with E-state index in [1.807, 2.05) is 44.3 Å². The van der Waals surface area contributed by atoms with Gasteiger partial charge in [0.25, 0.3) is 5.91 Å². The van der Waals surface area contributed by atoms with Gasteiger partial charge in [0.2, 0.25) is 0 Å². The topological polar surface area (TPSA) is 59.3 Å². The molecule has 0 fully saturated rings. The van der Waals surface area contributed by atoms with Crippen LogP contribution in [0.15, 0.2) is 41.1 Å². The van der Waals surface area contributed by atoms with Gasteiger partial charge in [0.1, 0.15) is 17.2 Å². The number of rotatable bonds is 2. The summed E-state index contributed by atoms with van der Waals surface area (Å²) in [5, 5.41) is 2.84. The first-order valence-corrected chi connectivity index (χ1v) is 7.23. The summed E-state index contributed by atoms with van der Waals surface area (Å²) >= 11 is 3.41. The first-order chi connectivity index (χ1) is 10.1. The molecule has 3 aromatic rings. The third-order valence-corrected chi connectivity index (χ3v) is 3.68. The van der Waals surface area contributed by atoms with E-state index in [9.17, 15) is 4.79 Å². The van der Waals surface area contributed by atoms with E-state index in [-0.39, 0.29) is 5.91 Å². The van der Waals surface area contributed by atoms with Gasteiger partial charge in [-0.1, -0.05) is 6.07 Å². The van der Waals surface area contributed by atoms with Crippen molar-refractivity contribution in [3.8, 4) is 0 Å². The number of halogens is 1. The number of carbonyl (C=O) groups excluding carboxylic acids is 1. The number of carbonyl (C=O) groups is 1. The number of hydrogen-bond acceptors (Lipinski definition) is 3. The molecule has 0 aliphatic rings. The zero-order valence-electron chi connectivity index (χ0n) is 11.6. The lowest BCUT2D eigenvalue weighted by molar-refractivity contribution is 0.102. The number of anilines is 1. The van der Waals surface area contributed by atoms with Crippen molar-refractivity contribution in [3.63, 3.8) is 0 Å². The van der Waals surface area contributed by atoms with Crippen molar-refractivity contribution in [2.45, 2.75) is 13.8 Å². The molecule has 0 aliphatic heterocycles. The molecule has 3 rings (SSSR count). The van der Waals surface area contributed by atoms with Crippen molar-refractivity contribution in [2.24, 2.45) is 0 Å². The van der Waals surface area contributed by atoms with Crippen LogP contribution >= 0.6 is 15.9 Å². The highest BCUT2D eigenvalue weighted by molar-refractivity contribution is 9.10. The number of aromatic nitrogens is 3. The second-order valence-corrected chi connectivity index (χ2v) is 5.66. The lowest BCUT2D eigenvalue weighted by Gasteiger charge is -2.07. The van der Waals surface area contributed by atoms with Crippen LogP contribution in [-0.4, -0.2) is 20.3 Å². The molecule has 1 N–H and O–H groups in total. The van der Waals surface area contributed by atoms with Gasteiger partial charge in [-0.3, -0.25) is 9.20 Å². The van der Waals surface area contributed by atoms with Gasteiger partial charge >= 0.3 is 0 Å². The summed E-state index contributed by atoms with van der Waals surface area (Å²) in [6, 6.07) is 7.49. The molecule has 3 aromatic heterocycles. The van der Waals surface area contributed by atoms with Gasteiger partial charge in [-0.25, -0.2) is 9.97 Å². The number of pyridine rings is 2. The molecular weight excluding hydrogens is 332 g/mol. The summed E-state index contributed by atoms with van der Waals surface area (Å²) in [7, 11) is 0. The quantitative estimate of drug-likeness (QED) is 0.775. The van der Waals surface area contributed by atoms with Crippen LogP contribution in [0.25, 0.3) is 5.65 Å². The fraction of sp³-hybridized carbons (Fsp3) is 0.133. The molecule has 0 saturated heterocycles. The summed E-state index contributed by atoms with van der Waals surface area (Å²) in [4.78, 5) is 21.1. The summed E-state index contributed by atoms with van der Waals surface area (Å²) in [6.07, 6.45) is 3.48. The fourth-order valence-corrected chi connectivity index (χ4v) is 2.53. The number of aryl methyl sites for hydroxylation is 2. The minimum Gasteiger partial charge on any atom is -0.305 e. The predicted molar refractivity (Wildman–Crippen MR) is 84.6 cm³/mol. The fourth-order valence-electron chi connectivity index (χ4n) is 2.19. The Kier molecular flexibility index (Phi) is 3.47. The molecule has 1 amide bonds. The van der Waals surface area contributed by atoms with Crippen LogP contribution in [-0.2, 0) is 0 Å². The molecule has 6 heteroatoms. The molecule has 0 aliphatic carbocycles. The number of nitrogens with one attached hydrogen (secondary N) is 1. The van der Waals surface area contributed by atoms with Crippen molar-refractivity contribution in [1.82, 2.24) is 14.4 Å². The Balaban J connectivity index is 2.04. The third kappa shape index (κ3) is 2.54. The van der Waals surface area contributed by atoms with E-state index in [4.69, 9.17) is 0 Å². The molecule has 0 saturated carbocycles. The van der Waals surface area contributed by atoms with E-state index in [2.05, 4.69) is 31.2 Å². The molecular formula is C15H13BrN4O. The molecule has 21 heavy (non-hydrogen) atoms. The van der Waals surface area contributed by atoms with Crippen LogP contribution in [0.4, 0.5) is 5.82 Å². The molecule has 5 nitrogen and oxygen atoms in total. The van der Waals surface area contributed by atoms with Crippen LogP contribution in [0.1, 0.15) is 21.7 Å². The second kappa shape index (κ2) is 5.29. The monoisotopic (exact) mass is 344 g/mol. The maximum atomic E-state index is 12.5. The van der Waals surface area contributed by atoms with Crippen LogP contribution in [0.3, 0.4) is 0 Å². The number of hydrogen-bond donors (Lipinski definition) is 1. The Hall–Kier alpha value is -2.21. The smallest absolute Gasteiger partial charge is 0.275 e. The highest BCUT2D eigenvalue weighted by Gasteiger charge is 2.17. The first kappa shape index (κ1) is 13.8. The molecule has 106 valence electrons. The average molecular weight is 345 g/mol. The Bertz CT molecular complexity index is 841. The average Bonchev–Trinajstić information content (AvgIpc) is 2.76. The van der Waals surface area contributed by atoms with E-state index >= 15 is 0 Å². The van der Waals surface area contributed by atoms with Crippen molar-refractivity contribution >= 4 is 33.3 Å². The Labute approximate surface area is 130 Å². The molecule has 0 spiro atoms. The third-order valence-electron chi connectivity index (χ3n) is 3.21. The van der Waals surface area contributed by atoms with Crippen molar-refractivity contribution < 1.29 is 4.79 Å². The van der Waals surface area contributed by atoms with E-state index < -0.39 is 0 Å². The Morgan fingerprint density at radius 1 is 1.29 bits per heavy atom. The van der Waals surface area contributed by atoms with Gasteiger partial charge < -0.3 is 5.32 Å². The lowest BCUT2D eigenvalue weighted by Crippen LogP contribution is -2.17. The zero-order chi connectivity index (χ0) is 15.0. The molecule has 0 unspecified atom stereocenters. The van der Waals surface area contributed by atoms with Crippen LogP contribution < -0.4 is 5.32 Å². The minimum absolute atomic E-state index is 0.222. The van der Waals surface area contributed by atoms with Crippen molar-refractivity contribution in [3.05, 3.63) is 58.1 Å². The summed E-state index contributed by atoms with van der Waals surface area (Å²) < 4.78 is 2.66. The minimum atomic E-state index is -0.222. The lowest BCUT2D eigenvalue weighted by atomic mass is 10.2. The van der Waals surface area contributed by atoms with E-state index in [0.29, 0.717) is 17.2 Å². The normalized spacial score (nSPS) is 10.8. The summed E-state index contributed by atoms with van der Waals surface area (Å²) in [5.74, 6) is 0.340.